The van der Waals surface area contributed by atoms with Crippen molar-refractivity contribution in [1.29, 1.82) is 0 Å². The third-order valence-electron chi connectivity index (χ3n) is 3.25. The SMILES string of the molecule is CCCCCC1CCC(=COC)CC1. The van der Waals surface area contributed by atoms with Crippen molar-refractivity contribution in [3.05, 3.63) is 11.8 Å². The molecular formula is C13H24O. The molecule has 1 aliphatic rings. The van der Waals surface area contributed by atoms with E-state index in [9.17, 15) is 0 Å². The lowest BCUT2D eigenvalue weighted by atomic mass is 9.83. The molecule has 1 fully saturated rings. The van der Waals surface area contributed by atoms with Gasteiger partial charge in [-0.3, -0.25) is 0 Å². The minimum Gasteiger partial charge on any atom is -0.504 e. The Balaban J connectivity index is 2.12. The molecule has 0 aliphatic heterocycles. The lowest BCUT2D eigenvalue weighted by Gasteiger charge is -2.23. The van der Waals surface area contributed by atoms with Crippen molar-refractivity contribution in [1.82, 2.24) is 0 Å². The largest absolute Gasteiger partial charge is 0.504 e. The normalized spacial score (nSPS) is 22.1. The van der Waals surface area contributed by atoms with Gasteiger partial charge in [-0.1, -0.05) is 32.6 Å². The van der Waals surface area contributed by atoms with Crippen LogP contribution in [-0.4, -0.2) is 7.11 Å². The summed E-state index contributed by atoms with van der Waals surface area (Å²) in [5.74, 6) is 0.996. The van der Waals surface area contributed by atoms with Crippen LogP contribution in [0.4, 0.5) is 0 Å². The molecule has 0 aromatic heterocycles. The van der Waals surface area contributed by atoms with Crippen molar-refractivity contribution in [3.63, 3.8) is 0 Å². The first-order valence-electron chi connectivity index (χ1n) is 6.07. The molecule has 1 aliphatic carbocycles. The predicted octanol–water partition coefficient (Wildman–Crippen LogP) is 4.29. The maximum absolute atomic E-state index is 5.05. The van der Waals surface area contributed by atoms with Crippen LogP contribution in [0.1, 0.15) is 58.3 Å². The smallest absolute Gasteiger partial charge is 0.0816 e. The molecule has 0 N–H and O–H groups in total. The number of methoxy groups -OCH3 is 1. The first kappa shape index (κ1) is 11.6. The van der Waals surface area contributed by atoms with Crippen LogP contribution in [0.25, 0.3) is 0 Å². The molecule has 1 nitrogen and oxygen atoms in total. The van der Waals surface area contributed by atoms with Crippen LogP contribution in [0.3, 0.4) is 0 Å². The van der Waals surface area contributed by atoms with Gasteiger partial charge in [-0.05, 0) is 37.2 Å². The topological polar surface area (TPSA) is 9.23 Å². The summed E-state index contributed by atoms with van der Waals surface area (Å²) in [5.41, 5.74) is 1.51. The third-order valence-corrected chi connectivity index (χ3v) is 3.25. The fraction of sp³-hybridized carbons (Fsp3) is 0.846. The highest BCUT2D eigenvalue weighted by atomic mass is 16.5. The van der Waals surface area contributed by atoms with E-state index in [1.807, 2.05) is 6.26 Å². The Morgan fingerprint density at radius 3 is 2.57 bits per heavy atom. The molecule has 82 valence electrons. The van der Waals surface area contributed by atoms with Crippen LogP contribution >= 0.6 is 0 Å². The first-order valence-corrected chi connectivity index (χ1v) is 6.07. The van der Waals surface area contributed by atoms with E-state index >= 15 is 0 Å². The number of ether oxygens (including phenoxy) is 1. The Hall–Kier alpha value is -0.460. The minimum atomic E-state index is 0.996. The molecule has 0 spiro atoms. The Morgan fingerprint density at radius 1 is 1.29 bits per heavy atom. The predicted molar refractivity (Wildman–Crippen MR) is 61.2 cm³/mol. The lowest BCUT2D eigenvalue weighted by Crippen LogP contribution is -2.08. The number of rotatable bonds is 5. The highest BCUT2D eigenvalue weighted by Gasteiger charge is 2.15. The van der Waals surface area contributed by atoms with Crippen molar-refractivity contribution in [2.75, 3.05) is 7.11 Å². The average Bonchev–Trinajstić information content (AvgIpc) is 2.21. The summed E-state index contributed by atoms with van der Waals surface area (Å²) >= 11 is 0. The van der Waals surface area contributed by atoms with Crippen LogP contribution in [0, 0.1) is 5.92 Å². The van der Waals surface area contributed by atoms with E-state index in [0.29, 0.717) is 0 Å². The van der Waals surface area contributed by atoms with E-state index in [1.54, 1.807) is 7.11 Å². The van der Waals surface area contributed by atoms with E-state index in [4.69, 9.17) is 4.74 Å². The molecular weight excluding hydrogens is 172 g/mol. The zero-order valence-corrected chi connectivity index (χ0v) is 9.72. The summed E-state index contributed by atoms with van der Waals surface area (Å²) in [5, 5.41) is 0. The van der Waals surface area contributed by atoms with Crippen LogP contribution in [-0.2, 0) is 4.74 Å². The Morgan fingerprint density at radius 2 is 2.00 bits per heavy atom. The van der Waals surface area contributed by atoms with E-state index in [1.165, 1.54) is 56.9 Å². The van der Waals surface area contributed by atoms with E-state index in [-0.39, 0.29) is 0 Å². The van der Waals surface area contributed by atoms with Crippen LogP contribution in [0.5, 0.6) is 0 Å². The summed E-state index contributed by atoms with van der Waals surface area (Å²) < 4.78 is 5.05. The molecule has 0 atom stereocenters. The molecule has 0 heterocycles. The van der Waals surface area contributed by atoms with Crippen molar-refractivity contribution in [2.24, 2.45) is 5.92 Å². The lowest BCUT2D eigenvalue weighted by molar-refractivity contribution is 0.315. The molecule has 0 amide bonds. The molecule has 0 aromatic rings. The summed E-state index contributed by atoms with van der Waals surface area (Å²) in [7, 11) is 1.75. The van der Waals surface area contributed by atoms with Crippen LogP contribution < -0.4 is 0 Å². The monoisotopic (exact) mass is 196 g/mol. The van der Waals surface area contributed by atoms with E-state index < -0.39 is 0 Å². The molecule has 1 rings (SSSR count). The molecule has 0 saturated heterocycles. The maximum atomic E-state index is 5.05. The van der Waals surface area contributed by atoms with Crippen molar-refractivity contribution < 1.29 is 4.74 Å². The number of hydrogen-bond acceptors (Lipinski definition) is 1. The van der Waals surface area contributed by atoms with E-state index in [0.717, 1.165) is 5.92 Å². The number of hydrogen-bond donors (Lipinski definition) is 0. The molecule has 0 bridgehead atoms. The molecule has 0 radical (unpaired) electrons. The van der Waals surface area contributed by atoms with Gasteiger partial charge in [0.25, 0.3) is 0 Å². The summed E-state index contributed by atoms with van der Waals surface area (Å²) in [6.07, 6.45) is 12.9. The molecule has 0 unspecified atom stereocenters. The second-order valence-electron chi connectivity index (χ2n) is 4.45. The molecule has 0 aromatic carbocycles. The summed E-state index contributed by atoms with van der Waals surface area (Å²) in [4.78, 5) is 0. The Labute approximate surface area is 88.5 Å². The van der Waals surface area contributed by atoms with Crippen molar-refractivity contribution >= 4 is 0 Å². The molecule has 1 heteroatoms. The second kappa shape index (κ2) is 6.92. The Kier molecular flexibility index (Phi) is 5.74. The fourth-order valence-corrected chi connectivity index (χ4v) is 2.30. The van der Waals surface area contributed by atoms with Gasteiger partial charge in [-0.25, -0.2) is 0 Å². The highest BCUT2D eigenvalue weighted by Crippen LogP contribution is 2.31. The Bertz CT molecular complexity index is 162. The van der Waals surface area contributed by atoms with Crippen LogP contribution in [0.2, 0.25) is 0 Å². The maximum Gasteiger partial charge on any atom is 0.0816 e. The summed E-state index contributed by atoms with van der Waals surface area (Å²) in [6.45, 7) is 2.28. The van der Waals surface area contributed by atoms with Gasteiger partial charge in [0.1, 0.15) is 0 Å². The van der Waals surface area contributed by atoms with Gasteiger partial charge < -0.3 is 4.74 Å². The van der Waals surface area contributed by atoms with Gasteiger partial charge in [0, 0.05) is 0 Å². The number of unbranched alkanes of at least 4 members (excludes halogenated alkanes) is 2. The van der Waals surface area contributed by atoms with E-state index in [2.05, 4.69) is 6.92 Å². The average molecular weight is 196 g/mol. The fourth-order valence-electron chi connectivity index (χ4n) is 2.30. The van der Waals surface area contributed by atoms with Gasteiger partial charge in [0.05, 0.1) is 13.4 Å². The summed E-state index contributed by atoms with van der Waals surface area (Å²) in [6, 6.07) is 0. The van der Waals surface area contributed by atoms with Gasteiger partial charge in [-0.2, -0.15) is 0 Å². The zero-order chi connectivity index (χ0) is 10.2. The quantitative estimate of drug-likeness (QED) is 0.471. The highest BCUT2D eigenvalue weighted by molar-refractivity contribution is 5.01. The number of allylic oxidation sites excluding steroid dienone is 1. The first-order chi connectivity index (χ1) is 6.86. The van der Waals surface area contributed by atoms with Crippen molar-refractivity contribution in [2.45, 2.75) is 58.3 Å². The van der Waals surface area contributed by atoms with Crippen LogP contribution in [0.15, 0.2) is 11.8 Å². The van der Waals surface area contributed by atoms with Gasteiger partial charge in [0.15, 0.2) is 0 Å². The minimum absolute atomic E-state index is 0.996. The van der Waals surface area contributed by atoms with Crippen molar-refractivity contribution in [3.8, 4) is 0 Å². The van der Waals surface area contributed by atoms with Gasteiger partial charge in [-0.15, -0.1) is 0 Å². The van der Waals surface area contributed by atoms with Gasteiger partial charge >= 0.3 is 0 Å². The third kappa shape index (κ3) is 4.17. The standard InChI is InChI=1S/C13H24O/c1-3-4-5-6-12-7-9-13(10-8-12)11-14-2/h11-12H,3-10H2,1-2H3. The zero-order valence-electron chi connectivity index (χ0n) is 9.72. The molecule has 1 saturated carbocycles. The molecule has 14 heavy (non-hydrogen) atoms. The van der Waals surface area contributed by atoms with Gasteiger partial charge in [0.2, 0.25) is 0 Å². The second-order valence-corrected chi connectivity index (χ2v) is 4.45.